The molecular formula is C23H31N3O5. The first kappa shape index (κ1) is 22.8. The molecule has 1 heterocycles. The maximum atomic E-state index is 12.5. The topological polar surface area (TPSA) is 105 Å². The fraction of sp³-hybridized carbons (Fsp3) is 0.565. The molecule has 0 spiro atoms. The van der Waals surface area contributed by atoms with Crippen LogP contribution in [-0.2, 0) is 23.9 Å². The van der Waals surface area contributed by atoms with Crippen LogP contribution in [0.15, 0.2) is 24.3 Å². The van der Waals surface area contributed by atoms with Crippen molar-refractivity contribution in [1.82, 2.24) is 4.90 Å². The lowest BCUT2D eigenvalue weighted by molar-refractivity contribution is -0.151. The Hall–Kier alpha value is -2.90. The van der Waals surface area contributed by atoms with E-state index in [4.69, 9.17) is 4.74 Å². The van der Waals surface area contributed by atoms with Gasteiger partial charge in [0.05, 0.1) is 5.92 Å². The number of carbonyl (C=O) groups is 4. The lowest BCUT2D eigenvalue weighted by atomic mass is 9.77. The molecule has 3 rings (SSSR count). The van der Waals surface area contributed by atoms with Gasteiger partial charge in [0, 0.05) is 37.3 Å². The third-order valence-corrected chi connectivity index (χ3v) is 6.37. The van der Waals surface area contributed by atoms with Gasteiger partial charge in [-0.2, -0.15) is 0 Å². The molecule has 8 heteroatoms. The number of rotatable bonds is 6. The number of carbonyl (C=O) groups excluding carboxylic acids is 4. The summed E-state index contributed by atoms with van der Waals surface area (Å²) >= 11 is 0. The van der Waals surface area contributed by atoms with E-state index in [-0.39, 0.29) is 24.3 Å². The van der Waals surface area contributed by atoms with Crippen LogP contribution in [0.5, 0.6) is 0 Å². The van der Waals surface area contributed by atoms with Gasteiger partial charge in [0.2, 0.25) is 11.8 Å². The number of nitrogens with zero attached hydrogens (tertiary/aromatic N) is 1. The quantitative estimate of drug-likeness (QED) is 0.677. The van der Waals surface area contributed by atoms with Crippen molar-refractivity contribution in [1.29, 1.82) is 0 Å². The molecule has 4 atom stereocenters. The third kappa shape index (κ3) is 5.83. The Morgan fingerprint density at radius 1 is 1.13 bits per heavy atom. The molecule has 168 valence electrons. The van der Waals surface area contributed by atoms with E-state index in [1.54, 1.807) is 24.3 Å². The lowest BCUT2D eigenvalue weighted by Gasteiger charge is -2.39. The molecule has 1 aliphatic carbocycles. The number of likely N-dealkylation sites (tertiary alicyclic amines) is 1. The molecule has 1 aliphatic heterocycles. The van der Waals surface area contributed by atoms with Gasteiger partial charge in [-0.15, -0.1) is 0 Å². The van der Waals surface area contributed by atoms with Gasteiger partial charge < -0.3 is 20.3 Å². The van der Waals surface area contributed by atoms with Gasteiger partial charge in [-0.05, 0) is 36.5 Å². The molecule has 2 N–H and O–H groups in total. The van der Waals surface area contributed by atoms with Crippen molar-refractivity contribution < 1.29 is 23.9 Å². The number of anilines is 2. The van der Waals surface area contributed by atoms with E-state index in [0.717, 1.165) is 12.8 Å². The molecule has 0 aromatic heterocycles. The van der Waals surface area contributed by atoms with Gasteiger partial charge in [0.15, 0.2) is 6.61 Å². The second kappa shape index (κ2) is 9.94. The molecule has 1 saturated heterocycles. The fourth-order valence-corrected chi connectivity index (χ4v) is 4.53. The minimum absolute atomic E-state index is 0.00728. The van der Waals surface area contributed by atoms with E-state index in [0.29, 0.717) is 29.8 Å². The molecule has 8 nitrogen and oxygen atoms in total. The Morgan fingerprint density at radius 3 is 2.55 bits per heavy atom. The number of hydrogen-bond acceptors (Lipinski definition) is 5. The number of hydrogen-bond donors (Lipinski definition) is 2. The molecule has 1 aromatic carbocycles. The van der Waals surface area contributed by atoms with Crippen LogP contribution in [0.4, 0.5) is 11.4 Å². The number of amides is 3. The van der Waals surface area contributed by atoms with Gasteiger partial charge >= 0.3 is 5.97 Å². The normalized spacial score (nSPS) is 25.8. The van der Waals surface area contributed by atoms with Crippen molar-refractivity contribution in [3.05, 3.63) is 24.3 Å². The van der Waals surface area contributed by atoms with E-state index in [1.807, 2.05) is 4.90 Å². The molecule has 2 aliphatic rings. The Balaban J connectivity index is 1.49. The van der Waals surface area contributed by atoms with E-state index in [1.165, 1.54) is 13.3 Å². The van der Waals surface area contributed by atoms with Crippen molar-refractivity contribution >= 4 is 35.1 Å². The van der Waals surface area contributed by atoms with E-state index < -0.39 is 24.4 Å². The summed E-state index contributed by atoms with van der Waals surface area (Å²) in [5, 5.41) is 5.27. The van der Waals surface area contributed by atoms with E-state index >= 15 is 0 Å². The SMILES string of the molecule is CC(=O)Nc1cccc(NC(=O)COC(=O)[C@@H]2CC(=O)N([C@@H]3CCC[C@@H](C)[C@H]3C)C2)c1. The average Bonchev–Trinajstić information content (AvgIpc) is 3.09. The summed E-state index contributed by atoms with van der Waals surface area (Å²) < 4.78 is 5.19. The van der Waals surface area contributed by atoms with Gasteiger partial charge in [-0.3, -0.25) is 19.2 Å². The summed E-state index contributed by atoms with van der Waals surface area (Å²) in [5.74, 6) is -0.787. The molecule has 3 amide bonds. The van der Waals surface area contributed by atoms with Crippen molar-refractivity contribution in [2.45, 2.75) is 52.5 Å². The molecule has 0 radical (unpaired) electrons. The Bertz CT molecular complexity index is 855. The zero-order valence-corrected chi connectivity index (χ0v) is 18.3. The van der Waals surface area contributed by atoms with Crippen LogP contribution in [0.25, 0.3) is 0 Å². The lowest BCUT2D eigenvalue weighted by Crippen LogP contribution is -2.45. The predicted octanol–water partition coefficient (Wildman–Crippen LogP) is 2.80. The Labute approximate surface area is 182 Å². The summed E-state index contributed by atoms with van der Waals surface area (Å²) in [6.07, 6.45) is 3.38. The molecule has 2 fully saturated rings. The summed E-state index contributed by atoms with van der Waals surface area (Å²) in [4.78, 5) is 50.2. The predicted molar refractivity (Wildman–Crippen MR) is 116 cm³/mol. The Kier molecular flexibility index (Phi) is 7.30. The first-order chi connectivity index (χ1) is 14.7. The maximum absolute atomic E-state index is 12.5. The van der Waals surface area contributed by atoms with E-state index in [2.05, 4.69) is 24.5 Å². The standard InChI is InChI=1S/C23H31N3O5/c1-14-6-4-9-20(15(14)2)26-12-17(10-22(26)29)23(30)31-13-21(28)25-19-8-5-7-18(11-19)24-16(3)27/h5,7-8,11,14-15,17,20H,4,6,9-10,12-13H2,1-3H3,(H,24,27)(H,25,28)/t14-,15-,17-,20-/m1/s1. The first-order valence-electron chi connectivity index (χ1n) is 10.9. The highest BCUT2D eigenvalue weighted by Gasteiger charge is 2.42. The van der Waals surface area contributed by atoms with Crippen LogP contribution in [0.3, 0.4) is 0 Å². The van der Waals surface area contributed by atoms with Gasteiger partial charge in [0.1, 0.15) is 0 Å². The average molecular weight is 430 g/mol. The van der Waals surface area contributed by atoms with Gasteiger partial charge in [-0.25, -0.2) is 0 Å². The molecule has 31 heavy (non-hydrogen) atoms. The first-order valence-corrected chi connectivity index (χ1v) is 10.9. The van der Waals surface area contributed by atoms with E-state index in [9.17, 15) is 19.2 Å². The summed E-state index contributed by atoms with van der Waals surface area (Å²) in [6, 6.07) is 6.85. The zero-order chi connectivity index (χ0) is 22.5. The summed E-state index contributed by atoms with van der Waals surface area (Å²) in [7, 11) is 0. The minimum Gasteiger partial charge on any atom is -0.455 e. The van der Waals surface area contributed by atoms with Gasteiger partial charge in [-0.1, -0.05) is 32.8 Å². The molecule has 1 aromatic rings. The van der Waals surface area contributed by atoms with Gasteiger partial charge in [0.25, 0.3) is 5.91 Å². The molecular weight excluding hydrogens is 398 g/mol. The van der Waals surface area contributed by atoms with Crippen LogP contribution in [0, 0.1) is 17.8 Å². The number of benzene rings is 1. The highest BCUT2D eigenvalue weighted by atomic mass is 16.5. The summed E-state index contributed by atoms with van der Waals surface area (Å²) in [6.45, 7) is 5.73. The van der Waals surface area contributed by atoms with Crippen molar-refractivity contribution in [3.63, 3.8) is 0 Å². The van der Waals surface area contributed by atoms with Crippen molar-refractivity contribution in [3.8, 4) is 0 Å². The monoisotopic (exact) mass is 429 g/mol. The molecule has 1 saturated carbocycles. The second-order valence-electron chi connectivity index (χ2n) is 8.70. The molecule has 0 bridgehead atoms. The smallest absolute Gasteiger partial charge is 0.311 e. The molecule has 0 unspecified atom stereocenters. The number of nitrogens with one attached hydrogen (secondary N) is 2. The van der Waals surface area contributed by atoms with Crippen LogP contribution >= 0.6 is 0 Å². The number of ether oxygens (including phenoxy) is 1. The Morgan fingerprint density at radius 2 is 1.84 bits per heavy atom. The van der Waals surface area contributed by atoms with Crippen LogP contribution in [0.1, 0.15) is 46.5 Å². The van der Waals surface area contributed by atoms with Crippen LogP contribution < -0.4 is 10.6 Å². The fourth-order valence-electron chi connectivity index (χ4n) is 4.53. The van der Waals surface area contributed by atoms with Crippen LogP contribution in [-0.4, -0.2) is 47.8 Å². The van der Waals surface area contributed by atoms with Crippen molar-refractivity contribution in [2.75, 3.05) is 23.8 Å². The van der Waals surface area contributed by atoms with Crippen molar-refractivity contribution in [2.24, 2.45) is 17.8 Å². The summed E-state index contributed by atoms with van der Waals surface area (Å²) in [5.41, 5.74) is 1.04. The largest absolute Gasteiger partial charge is 0.455 e. The third-order valence-electron chi connectivity index (χ3n) is 6.37. The second-order valence-corrected chi connectivity index (χ2v) is 8.70. The highest BCUT2D eigenvalue weighted by Crippen LogP contribution is 2.35. The number of esters is 1. The highest BCUT2D eigenvalue weighted by molar-refractivity contribution is 5.95. The maximum Gasteiger partial charge on any atom is 0.311 e. The minimum atomic E-state index is -0.534. The van der Waals surface area contributed by atoms with Crippen LogP contribution in [0.2, 0.25) is 0 Å². The zero-order valence-electron chi connectivity index (χ0n) is 18.3.